The molecule has 0 aliphatic carbocycles. The highest BCUT2D eigenvalue weighted by atomic mass is 16.5. The van der Waals surface area contributed by atoms with E-state index in [9.17, 15) is 9.59 Å². The maximum atomic E-state index is 12.1. The molecule has 2 heterocycles. The van der Waals surface area contributed by atoms with Gasteiger partial charge in [-0.15, -0.1) is 0 Å². The van der Waals surface area contributed by atoms with E-state index >= 15 is 0 Å². The molecule has 0 radical (unpaired) electrons. The first-order chi connectivity index (χ1) is 13.0. The molecular formula is C19H18N4O4. The SMILES string of the molecule is C[C@H](NC(=O)c1cccc(COc2ccc(-c3ccn[nH]3)nc2)c1)C(=O)O. The molecule has 0 fully saturated rings. The number of H-pyrrole nitrogens is 1. The zero-order chi connectivity index (χ0) is 19.2. The number of pyridine rings is 1. The molecule has 0 aliphatic heterocycles. The number of carboxylic acid groups (broad SMARTS) is 1. The molecule has 1 aromatic carbocycles. The van der Waals surface area contributed by atoms with Crippen molar-refractivity contribution in [3.8, 4) is 17.1 Å². The van der Waals surface area contributed by atoms with Crippen LogP contribution < -0.4 is 10.1 Å². The lowest BCUT2D eigenvalue weighted by molar-refractivity contribution is -0.138. The fourth-order valence-electron chi connectivity index (χ4n) is 2.33. The zero-order valence-electron chi connectivity index (χ0n) is 14.5. The highest BCUT2D eigenvalue weighted by Gasteiger charge is 2.15. The Kier molecular flexibility index (Phi) is 5.46. The lowest BCUT2D eigenvalue weighted by Crippen LogP contribution is -2.38. The van der Waals surface area contributed by atoms with Gasteiger partial charge in [-0.2, -0.15) is 5.10 Å². The van der Waals surface area contributed by atoms with Gasteiger partial charge in [-0.3, -0.25) is 19.7 Å². The van der Waals surface area contributed by atoms with Crippen LogP contribution in [0.3, 0.4) is 0 Å². The van der Waals surface area contributed by atoms with Gasteiger partial charge >= 0.3 is 5.97 Å². The number of hydrogen-bond acceptors (Lipinski definition) is 5. The lowest BCUT2D eigenvalue weighted by Gasteiger charge is -2.11. The summed E-state index contributed by atoms with van der Waals surface area (Å²) in [6.07, 6.45) is 3.27. The van der Waals surface area contributed by atoms with Gasteiger partial charge in [0.25, 0.3) is 5.91 Å². The Bertz CT molecular complexity index is 923. The molecule has 27 heavy (non-hydrogen) atoms. The summed E-state index contributed by atoms with van der Waals surface area (Å²) in [4.78, 5) is 27.3. The van der Waals surface area contributed by atoms with Crippen LogP contribution in [-0.4, -0.2) is 38.2 Å². The molecule has 0 saturated carbocycles. The van der Waals surface area contributed by atoms with Gasteiger partial charge < -0.3 is 15.2 Å². The molecule has 3 aromatic rings. The second-order valence-corrected chi connectivity index (χ2v) is 5.87. The Labute approximate surface area is 155 Å². The number of rotatable bonds is 7. The number of ether oxygens (including phenoxy) is 1. The lowest BCUT2D eigenvalue weighted by atomic mass is 10.1. The molecule has 1 amide bonds. The number of nitrogens with zero attached hydrogens (tertiary/aromatic N) is 2. The molecule has 3 rings (SSSR count). The van der Waals surface area contributed by atoms with E-state index in [0.717, 1.165) is 17.0 Å². The van der Waals surface area contributed by atoms with Crippen LogP contribution in [0, 0.1) is 0 Å². The molecule has 2 aromatic heterocycles. The third kappa shape index (κ3) is 4.69. The minimum atomic E-state index is -1.09. The van der Waals surface area contributed by atoms with E-state index in [1.165, 1.54) is 6.92 Å². The quantitative estimate of drug-likeness (QED) is 0.590. The average Bonchev–Trinajstić information content (AvgIpc) is 3.21. The van der Waals surface area contributed by atoms with Crippen molar-refractivity contribution in [2.24, 2.45) is 0 Å². The highest BCUT2D eigenvalue weighted by molar-refractivity contribution is 5.96. The maximum absolute atomic E-state index is 12.1. The first-order valence-corrected chi connectivity index (χ1v) is 8.24. The van der Waals surface area contributed by atoms with Gasteiger partial charge in [0.1, 0.15) is 18.4 Å². The Hall–Kier alpha value is -3.68. The van der Waals surface area contributed by atoms with Crippen molar-refractivity contribution < 1.29 is 19.4 Å². The number of amides is 1. The molecule has 8 nitrogen and oxygen atoms in total. The van der Waals surface area contributed by atoms with Crippen LogP contribution in [0.4, 0.5) is 0 Å². The first-order valence-electron chi connectivity index (χ1n) is 8.24. The number of aromatic amines is 1. The minimum absolute atomic E-state index is 0.251. The number of benzene rings is 1. The molecular weight excluding hydrogens is 348 g/mol. The Morgan fingerprint density at radius 1 is 1.26 bits per heavy atom. The van der Waals surface area contributed by atoms with Gasteiger partial charge in [0.15, 0.2) is 0 Å². The first kappa shape index (κ1) is 18.1. The maximum Gasteiger partial charge on any atom is 0.325 e. The van der Waals surface area contributed by atoms with Gasteiger partial charge in [-0.05, 0) is 42.8 Å². The van der Waals surface area contributed by atoms with Crippen molar-refractivity contribution in [3.05, 3.63) is 66.0 Å². The molecule has 0 saturated heterocycles. The molecule has 1 atom stereocenters. The van der Waals surface area contributed by atoms with Gasteiger partial charge in [0, 0.05) is 11.8 Å². The number of carbonyl (C=O) groups excluding carboxylic acids is 1. The van der Waals surface area contributed by atoms with Crippen LogP contribution in [-0.2, 0) is 11.4 Å². The molecule has 138 valence electrons. The third-order valence-electron chi connectivity index (χ3n) is 3.83. The molecule has 0 unspecified atom stereocenters. The normalized spacial score (nSPS) is 11.6. The Balaban J connectivity index is 1.61. The molecule has 0 spiro atoms. The van der Waals surface area contributed by atoms with Crippen LogP contribution in [0.15, 0.2) is 54.9 Å². The van der Waals surface area contributed by atoms with E-state index in [1.54, 1.807) is 36.7 Å². The number of nitrogens with one attached hydrogen (secondary N) is 2. The smallest absolute Gasteiger partial charge is 0.325 e. The van der Waals surface area contributed by atoms with Gasteiger partial charge in [-0.1, -0.05) is 12.1 Å². The van der Waals surface area contributed by atoms with Crippen LogP contribution in [0.2, 0.25) is 0 Å². The summed E-state index contributed by atoms with van der Waals surface area (Å²) < 4.78 is 5.70. The fourth-order valence-corrected chi connectivity index (χ4v) is 2.33. The molecule has 0 aliphatic rings. The summed E-state index contributed by atoms with van der Waals surface area (Å²) in [6.45, 7) is 1.66. The number of aliphatic carboxylic acids is 1. The predicted octanol–water partition coefficient (Wildman–Crippen LogP) is 2.25. The van der Waals surface area contributed by atoms with Crippen molar-refractivity contribution in [2.45, 2.75) is 19.6 Å². The highest BCUT2D eigenvalue weighted by Crippen LogP contribution is 2.18. The number of aromatic nitrogens is 3. The molecule has 8 heteroatoms. The second kappa shape index (κ2) is 8.13. The summed E-state index contributed by atoms with van der Waals surface area (Å²) >= 11 is 0. The van der Waals surface area contributed by atoms with Crippen LogP contribution >= 0.6 is 0 Å². The summed E-state index contributed by atoms with van der Waals surface area (Å²) in [7, 11) is 0. The summed E-state index contributed by atoms with van der Waals surface area (Å²) in [5.74, 6) is -0.945. The molecule has 3 N–H and O–H groups in total. The van der Waals surface area contributed by atoms with Crippen molar-refractivity contribution >= 4 is 11.9 Å². The van der Waals surface area contributed by atoms with Crippen molar-refractivity contribution in [1.29, 1.82) is 0 Å². The minimum Gasteiger partial charge on any atom is -0.487 e. The van der Waals surface area contributed by atoms with Crippen molar-refractivity contribution in [2.75, 3.05) is 0 Å². The van der Waals surface area contributed by atoms with E-state index in [1.807, 2.05) is 18.2 Å². The van der Waals surface area contributed by atoms with Crippen LogP contribution in [0.25, 0.3) is 11.4 Å². The average molecular weight is 366 g/mol. The van der Waals surface area contributed by atoms with Gasteiger partial charge in [-0.25, -0.2) is 0 Å². The van der Waals surface area contributed by atoms with E-state index in [-0.39, 0.29) is 6.61 Å². The van der Waals surface area contributed by atoms with Crippen molar-refractivity contribution in [1.82, 2.24) is 20.5 Å². The van der Waals surface area contributed by atoms with E-state index in [2.05, 4.69) is 20.5 Å². The van der Waals surface area contributed by atoms with E-state index < -0.39 is 17.9 Å². The van der Waals surface area contributed by atoms with E-state index in [4.69, 9.17) is 9.84 Å². The zero-order valence-corrected chi connectivity index (χ0v) is 14.5. The standard InChI is InChI=1S/C19H18N4O4/c1-12(19(25)26)22-18(24)14-4-2-3-13(9-14)11-27-15-5-6-16(20-10-15)17-7-8-21-23-17/h2-10,12H,11H2,1H3,(H,21,23)(H,22,24)(H,25,26)/t12-/m0/s1. The summed E-state index contributed by atoms with van der Waals surface area (Å²) in [6, 6.07) is 11.3. The van der Waals surface area contributed by atoms with E-state index in [0.29, 0.717) is 11.3 Å². The topological polar surface area (TPSA) is 117 Å². The number of carboxylic acids is 1. The third-order valence-corrected chi connectivity index (χ3v) is 3.83. The fraction of sp³-hybridized carbons (Fsp3) is 0.158. The number of carbonyl (C=O) groups is 2. The van der Waals surface area contributed by atoms with Crippen LogP contribution in [0.1, 0.15) is 22.8 Å². The Morgan fingerprint density at radius 3 is 2.78 bits per heavy atom. The second-order valence-electron chi connectivity index (χ2n) is 5.87. The number of hydrogen-bond donors (Lipinski definition) is 3. The molecule has 0 bridgehead atoms. The predicted molar refractivity (Wildman–Crippen MR) is 97.2 cm³/mol. The summed E-state index contributed by atoms with van der Waals surface area (Å²) in [5.41, 5.74) is 2.72. The van der Waals surface area contributed by atoms with Crippen LogP contribution in [0.5, 0.6) is 5.75 Å². The van der Waals surface area contributed by atoms with Crippen molar-refractivity contribution in [3.63, 3.8) is 0 Å². The van der Waals surface area contributed by atoms with Gasteiger partial charge in [0.05, 0.1) is 17.6 Å². The van der Waals surface area contributed by atoms with Gasteiger partial charge in [0.2, 0.25) is 0 Å². The summed E-state index contributed by atoms with van der Waals surface area (Å²) in [5, 5.41) is 18.0. The Morgan fingerprint density at radius 2 is 2.11 bits per heavy atom. The monoisotopic (exact) mass is 366 g/mol. The largest absolute Gasteiger partial charge is 0.487 e.